The smallest absolute Gasteiger partial charge is 0.159 e. The van der Waals surface area contributed by atoms with Gasteiger partial charge in [-0.25, -0.2) is 9.97 Å². The maximum absolute atomic E-state index is 4.91. The number of rotatable bonds is 0. The van der Waals surface area contributed by atoms with Crippen LogP contribution in [0.1, 0.15) is 0 Å². The Morgan fingerprint density at radius 1 is 1.18 bits per heavy atom. The fourth-order valence-corrected chi connectivity index (χ4v) is 0.992. The van der Waals surface area contributed by atoms with Crippen molar-refractivity contribution in [2.45, 2.75) is 0 Å². The van der Waals surface area contributed by atoms with Gasteiger partial charge in [0.2, 0.25) is 0 Å². The van der Waals surface area contributed by atoms with E-state index in [2.05, 4.69) is 19.9 Å². The van der Waals surface area contributed by atoms with E-state index in [1.54, 1.807) is 6.33 Å². The van der Waals surface area contributed by atoms with Crippen molar-refractivity contribution in [3.05, 3.63) is 17.3 Å². The van der Waals surface area contributed by atoms with Crippen LogP contribution < -0.4 is 0 Å². The van der Waals surface area contributed by atoms with Crippen molar-refractivity contribution in [1.29, 1.82) is 0 Å². The SMILES string of the molecule is S=c1nc[nH]c2nc[nH]c12.[Pt]. The molecule has 0 aliphatic rings. The molecule has 6 heteroatoms. The van der Waals surface area contributed by atoms with Crippen LogP contribution in [0.5, 0.6) is 0 Å². The Bertz CT molecular complexity index is 406. The van der Waals surface area contributed by atoms with E-state index in [1.807, 2.05) is 0 Å². The molecule has 0 bridgehead atoms. The van der Waals surface area contributed by atoms with Crippen LogP contribution in [0.25, 0.3) is 11.2 Å². The number of H-pyrrole nitrogens is 2. The normalized spacial score (nSPS) is 9.45. The molecule has 2 aromatic rings. The molecule has 0 radical (unpaired) electrons. The Morgan fingerprint density at radius 3 is 2.64 bits per heavy atom. The van der Waals surface area contributed by atoms with Gasteiger partial charge in [0.1, 0.15) is 5.52 Å². The monoisotopic (exact) mass is 347 g/mol. The molecule has 0 saturated carbocycles. The summed E-state index contributed by atoms with van der Waals surface area (Å²) in [5.41, 5.74) is 1.54. The van der Waals surface area contributed by atoms with Crippen LogP contribution in [0.15, 0.2) is 12.7 Å². The maximum Gasteiger partial charge on any atom is 0.159 e. The second-order valence-corrected chi connectivity index (χ2v) is 2.22. The Labute approximate surface area is 81.7 Å². The summed E-state index contributed by atoms with van der Waals surface area (Å²) in [6.07, 6.45) is 3.12. The molecule has 0 spiro atoms. The second-order valence-electron chi connectivity index (χ2n) is 1.83. The van der Waals surface area contributed by atoms with E-state index in [0.29, 0.717) is 4.64 Å². The van der Waals surface area contributed by atoms with Gasteiger partial charge < -0.3 is 9.97 Å². The molecule has 0 aromatic carbocycles. The Hall–Kier alpha value is -0.542. The number of fused-ring (bicyclic) bond motifs is 1. The van der Waals surface area contributed by atoms with Gasteiger partial charge in [-0.05, 0) is 0 Å². The number of hydrogen-bond acceptors (Lipinski definition) is 3. The van der Waals surface area contributed by atoms with Crippen molar-refractivity contribution in [2.75, 3.05) is 0 Å². The second kappa shape index (κ2) is 3.24. The third kappa shape index (κ3) is 1.39. The zero-order chi connectivity index (χ0) is 6.97. The molecule has 0 unspecified atom stereocenters. The first-order valence-electron chi connectivity index (χ1n) is 2.75. The number of imidazole rings is 1. The van der Waals surface area contributed by atoms with Crippen molar-refractivity contribution in [3.8, 4) is 0 Å². The van der Waals surface area contributed by atoms with Crippen LogP contribution in [-0.4, -0.2) is 19.9 Å². The molecule has 11 heavy (non-hydrogen) atoms. The third-order valence-electron chi connectivity index (χ3n) is 1.24. The zero-order valence-electron chi connectivity index (χ0n) is 5.27. The average Bonchev–Trinajstić information content (AvgIpc) is 2.36. The summed E-state index contributed by atoms with van der Waals surface area (Å²) in [5, 5.41) is 0. The van der Waals surface area contributed by atoms with Gasteiger partial charge in [-0.2, -0.15) is 0 Å². The molecular weight excluding hydrogens is 343 g/mol. The van der Waals surface area contributed by atoms with E-state index >= 15 is 0 Å². The van der Waals surface area contributed by atoms with Gasteiger partial charge in [-0.1, -0.05) is 12.2 Å². The molecule has 4 nitrogen and oxygen atoms in total. The summed E-state index contributed by atoms with van der Waals surface area (Å²) >= 11 is 4.91. The van der Waals surface area contributed by atoms with E-state index in [1.165, 1.54) is 6.33 Å². The van der Waals surface area contributed by atoms with Crippen molar-refractivity contribution in [3.63, 3.8) is 0 Å². The molecular formula is C5H4N4PtS. The number of aromatic amines is 2. The number of hydrogen-bond donors (Lipinski definition) is 2. The first-order valence-corrected chi connectivity index (χ1v) is 3.15. The minimum absolute atomic E-state index is 0. The average molecular weight is 347 g/mol. The summed E-state index contributed by atoms with van der Waals surface area (Å²) in [5.74, 6) is 0. The van der Waals surface area contributed by atoms with Gasteiger partial charge in [-0.3, -0.25) is 0 Å². The molecule has 0 fully saturated rings. The largest absolute Gasteiger partial charge is 0.341 e. The molecule has 0 aliphatic carbocycles. The van der Waals surface area contributed by atoms with Crippen molar-refractivity contribution in [1.82, 2.24) is 19.9 Å². The first-order chi connectivity index (χ1) is 4.88. The quantitative estimate of drug-likeness (QED) is 0.700. The van der Waals surface area contributed by atoms with Gasteiger partial charge in [-0.15, -0.1) is 0 Å². The topological polar surface area (TPSA) is 57.4 Å². The summed E-state index contributed by atoms with van der Waals surface area (Å²) in [6.45, 7) is 0. The molecule has 2 rings (SSSR count). The minimum Gasteiger partial charge on any atom is -0.341 e. The standard InChI is InChI=1S/C5H4N4S.Pt/c10-5-3-4(7-1-6-3)8-2-9-5;/h1-2H,(H2,6,7,8,9,10);. The Kier molecular flexibility index (Phi) is 2.52. The Balaban J connectivity index is 0.000000605. The summed E-state index contributed by atoms with van der Waals surface area (Å²) < 4.78 is 0.547. The van der Waals surface area contributed by atoms with Crippen molar-refractivity contribution >= 4 is 23.4 Å². The van der Waals surface area contributed by atoms with Crippen LogP contribution in [0.4, 0.5) is 0 Å². The maximum atomic E-state index is 4.91. The number of nitrogens with zero attached hydrogens (tertiary/aromatic N) is 2. The molecule has 2 N–H and O–H groups in total. The van der Waals surface area contributed by atoms with E-state index in [0.717, 1.165) is 11.2 Å². The third-order valence-corrected chi connectivity index (χ3v) is 1.55. The van der Waals surface area contributed by atoms with E-state index in [4.69, 9.17) is 12.2 Å². The van der Waals surface area contributed by atoms with Crippen molar-refractivity contribution in [2.24, 2.45) is 0 Å². The van der Waals surface area contributed by atoms with Crippen LogP contribution in [0.3, 0.4) is 0 Å². The molecule has 0 amide bonds. The molecule has 0 saturated heterocycles. The summed E-state index contributed by atoms with van der Waals surface area (Å²) in [6, 6.07) is 0. The van der Waals surface area contributed by atoms with Crippen LogP contribution in [0, 0.1) is 4.64 Å². The van der Waals surface area contributed by atoms with Gasteiger partial charge in [0, 0.05) is 21.1 Å². The van der Waals surface area contributed by atoms with Crippen LogP contribution in [-0.2, 0) is 21.1 Å². The minimum atomic E-state index is 0. The van der Waals surface area contributed by atoms with E-state index < -0.39 is 0 Å². The van der Waals surface area contributed by atoms with Gasteiger partial charge in [0.05, 0.1) is 12.7 Å². The number of nitrogens with one attached hydrogen (secondary N) is 2. The van der Waals surface area contributed by atoms with Gasteiger partial charge in [0.15, 0.2) is 10.3 Å². The van der Waals surface area contributed by atoms with E-state index in [-0.39, 0.29) is 21.1 Å². The number of aromatic nitrogens is 4. The van der Waals surface area contributed by atoms with Gasteiger partial charge >= 0.3 is 0 Å². The zero-order valence-corrected chi connectivity index (χ0v) is 8.36. The predicted octanol–water partition coefficient (Wildman–Crippen LogP) is 1.01. The fourth-order valence-electron chi connectivity index (χ4n) is 0.783. The molecule has 2 aromatic heterocycles. The predicted molar refractivity (Wildman–Crippen MR) is 39.1 cm³/mol. The molecule has 60 valence electrons. The Morgan fingerprint density at radius 2 is 1.91 bits per heavy atom. The fraction of sp³-hybridized carbons (Fsp3) is 0. The van der Waals surface area contributed by atoms with Crippen LogP contribution >= 0.6 is 12.2 Å². The van der Waals surface area contributed by atoms with E-state index in [9.17, 15) is 0 Å². The van der Waals surface area contributed by atoms with Crippen molar-refractivity contribution < 1.29 is 21.1 Å². The molecule has 0 atom stereocenters. The first kappa shape index (κ1) is 8.55. The van der Waals surface area contributed by atoms with Crippen LogP contribution in [0.2, 0.25) is 0 Å². The summed E-state index contributed by atoms with van der Waals surface area (Å²) in [7, 11) is 0. The molecule has 0 aliphatic heterocycles. The molecule has 2 heterocycles. The summed E-state index contributed by atoms with van der Waals surface area (Å²) in [4.78, 5) is 13.6. The van der Waals surface area contributed by atoms with Gasteiger partial charge in [0.25, 0.3) is 0 Å².